The highest BCUT2D eigenvalue weighted by atomic mass is 16.2. The van der Waals surface area contributed by atoms with E-state index in [1.807, 2.05) is 35.2 Å². The Kier molecular flexibility index (Phi) is 3.75. The van der Waals surface area contributed by atoms with Crippen LogP contribution in [0.15, 0.2) is 36.0 Å². The minimum Gasteiger partial charge on any atom is -0.364 e. The van der Waals surface area contributed by atoms with E-state index in [-0.39, 0.29) is 11.8 Å². The molecule has 2 amide bonds. The van der Waals surface area contributed by atoms with E-state index in [1.165, 1.54) is 0 Å². The Morgan fingerprint density at radius 2 is 1.67 bits per heavy atom. The van der Waals surface area contributed by atoms with Crippen molar-refractivity contribution in [2.24, 2.45) is 0 Å². The van der Waals surface area contributed by atoms with Crippen LogP contribution in [0.25, 0.3) is 5.57 Å². The summed E-state index contributed by atoms with van der Waals surface area (Å²) in [5, 5.41) is 2.43. The molecule has 0 aromatic heterocycles. The summed E-state index contributed by atoms with van der Waals surface area (Å²) in [6.45, 7) is 6.55. The van der Waals surface area contributed by atoms with Crippen LogP contribution in [0.2, 0.25) is 0 Å². The zero-order chi connectivity index (χ0) is 14.8. The highest BCUT2D eigenvalue weighted by Gasteiger charge is 2.35. The molecule has 0 bridgehead atoms. The van der Waals surface area contributed by atoms with Crippen molar-refractivity contribution in [2.75, 3.05) is 32.7 Å². The van der Waals surface area contributed by atoms with Crippen molar-refractivity contribution in [3.63, 3.8) is 0 Å². The summed E-state index contributed by atoms with van der Waals surface area (Å²) in [7, 11) is 0. The van der Waals surface area contributed by atoms with Crippen LogP contribution in [0.5, 0.6) is 0 Å². The van der Waals surface area contributed by atoms with Crippen LogP contribution >= 0.6 is 0 Å². The van der Waals surface area contributed by atoms with Crippen molar-refractivity contribution < 1.29 is 9.59 Å². The van der Waals surface area contributed by atoms with Gasteiger partial charge in [0.2, 0.25) is 0 Å². The molecule has 0 aliphatic carbocycles. The first kappa shape index (κ1) is 13.8. The lowest BCUT2D eigenvalue weighted by atomic mass is 10.0. The third-order valence-corrected chi connectivity index (χ3v) is 4.10. The average Bonchev–Trinajstić information content (AvgIpc) is 2.82. The summed E-state index contributed by atoms with van der Waals surface area (Å²) in [6.07, 6.45) is 0. The first-order valence-corrected chi connectivity index (χ1v) is 7.33. The monoisotopic (exact) mass is 285 g/mol. The number of amides is 2. The minimum absolute atomic E-state index is 0.274. The molecule has 21 heavy (non-hydrogen) atoms. The molecule has 1 fully saturated rings. The van der Waals surface area contributed by atoms with Gasteiger partial charge < -0.3 is 9.80 Å². The van der Waals surface area contributed by atoms with Crippen molar-refractivity contribution in [2.45, 2.75) is 6.92 Å². The van der Waals surface area contributed by atoms with Gasteiger partial charge in [0.25, 0.3) is 11.8 Å². The van der Waals surface area contributed by atoms with E-state index in [9.17, 15) is 9.59 Å². The fraction of sp³-hybridized carbons (Fsp3) is 0.375. The third-order valence-electron chi connectivity index (χ3n) is 4.10. The Hall–Kier alpha value is -2.14. The van der Waals surface area contributed by atoms with Gasteiger partial charge in [0, 0.05) is 26.2 Å². The van der Waals surface area contributed by atoms with Crippen LogP contribution in [-0.4, -0.2) is 54.3 Å². The van der Waals surface area contributed by atoms with E-state index in [1.54, 1.807) is 0 Å². The second kappa shape index (κ2) is 5.69. The Balaban J connectivity index is 1.94. The number of likely N-dealkylation sites (N-methyl/N-ethyl adjacent to an activating group) is 1. The maximum absolute atomic E-state index is 12.2. The number of nitrogens with one attached hydrogen (secondary N) is 1. The van der Waals surface area contributed by atoms with Crippen molar-refractivity contribution >= 4 is 17.4 Å². The lowest BCUT2D eigenvalue weighted by Gasteiger charge is -2.35. The van der Waals surface area contributed by atoms with Crippen LogP contribution in [0.3, 0.4) is 0 Å². The van der Waals surface area contributed by atoms with Gasteiger partial charge in [-0.2, -0.15) is 0 Å². The number of carbonyl (C=O) groups excluding carboxylic acids is 2. The Labute approximate surface area is 124 Å². The smallest absolute Gasteiger partial charge is 0.275 e. The van der Waals surface area contributed by atoms with Crippen molar-refractivity contribution in [3.8, 4) is 0 Å². The van der Waals surface area contributed by atoms with Crippen LogP contribution in [-0.2, 0) is 9.59 Å². The molecule has 2 aliphatic rings. The van der Waals surface area contributed by atoms with Crippen molar-refractivity contribution in [1.82, 2.24) is 15.1 Å². The molecule has 0 unspecified atom stereocenters. The molecule has 5 heteroatoms. The van der Waals surface area contributed by atoms with Crippen LogP contribution in [0, 0.1) is 0 Å². The van der Waals surface area contributed by atoms with Gasteiger partial charge in [0.15, 0.2) is 0 Å². The molecule has 0 atom stereocenters. The topological polar surface area (TPSA) is 52.6 Å². The van der Waals surface area contributed by atoms with Gasteiger partial charge in [-0.3, -0.25) is 14.9 Å². The molecule has 0 saturated carbocycles. The summed E-state index contributed by atoms with van der Waals surface area (Å²) in [5.41, 5.74) is 1.83. The van der Waals surface area contributed by atoms with Crippen LogP contribution in [0.4, 0.5) is 0 Å². The molecule has 1 aromatic rings. The van der Waals surface area contributed by atoms with Gasteiger partial charge in [-0.15, -0.1) is 0 Å². The number of hydrogen-bond donors (Lipinski definition) is 1. The molecule has 0 spiro atoms. The zero-order valence-electron chi connectivity index (χ0n) is 12.1. The first-order valence-electron chi connectivity index (χ1n) is 7.33. The SMILES string of the molecule is CCN1CCN(C2=C(c3ccccc3)C(=O)NC2=O)CC1. The molecule has 1 N–H and O–H groups in total. The third kappa shape index (κ3) is 2.56. The molecule has 2 heterocycles. The maximum Gasteiger partial charge on any atom is 0.275 e. The van der Waals surface area contributed by atoms with Crippen molar-refractivity contribution in [3.05, 3.63) is 41.6 Å². The predicted molar refractivity (Wildman–Crippen MR) is 80.2 cm³/mol. The molecular weight excluding hydrogens is 266 g/mol. The number of rotatable bonds is 3. The van der Waals surface area contributed by atoms with Gasteiger partial charge in [-0.1, -0.05) is 37.3 Å². The fourth-order valence-electron chi connectivity index (χ4n) is 2.91. The maximum atomic E-state index is 12.2. The second-order valence-electron chi connectivity index (χ2n) is 5.29. The quantitative estimate of drug-likeness (QED) is 0.830. The second-order valence-corrected chi connectivity index (χ2v) is 5.29. The van der Waals surface area contributed by atoms with E-state index < -0.39 is 0 Å². The lowest BCUT2D eigenvalue weighted by molar-refractivity contribution is -0.124. The van der Waals surface area contributed by atoms with Gasteiger partial charge in [0.05, 0.1) is 5.57 Å². The molecule has 0 radical (unpaired) electrons. The molecule has 3 rings (SSSR count). The van der Waals surface area contributed by atoms with Gasteiger partial charge >= 0.3 is 0 Å². The normalized spacial score (nSPS) is 20.1. The number of carbonyl (C=O) groups is 2. The van der Waals surface area contributed by atoms with E-state index in [0.717, 1.165) is 38.3 Å². The Morgan fingerprint density at radius 3 is 2.29 bits per heavy atom. The predicted octanol–water partition coefficient (Wildman–Crippen LogP) is 0.692. The molecule has 1 aromatic carbocycles. The van der Waals surface area contributed by atoms with Crippen molar-refractivity contribution in [1.29, 1.82) is 0 Å². The van der Waals surface area contributed by atoms with E-state index in [4.69, 9.17) is 0 Å². The fourth-order valence-corrected chi connectivity index (χ4v) is 2.91. The Morgan fingerprint density at radius 1 is 1.00 bits per heavy atom. The molecule has 2 aliphatic heterocycles. The van der Waals surface area contributed by atoms with Gasteiger partial charge in [0.1, 0.15) is 5.70 Å². The van der Waals surface area contributed by atoms with E-state index in [2.05, 4.69) is 17.1 Å². The zero-order valence-corrected chi connectivity index (χ0v) is 12.1. The highest BCUT2D eigenvalue weighted by Crippen LogP contribution is 2.27. The number of nitrogens with zero attached hydrogens (tertiary/aromatic N) is 2. The standard InChI is InChI=1S/C16H19N3O2/c1-2-18-8-10-19(11-9-18)14-13(15(20)17-16(14)21)12-6-4-3-5-7-12/h3-7H,2,8-11H2,1H3,(H,17,20,21). The molecular formula is C16H19N3O2. The summed E-state index contributed by atoms with van der Waals surface area (Å²) < 4.78 is 0. The van der Waals surface area contributed by atoms with E-state index >= 15 is 0 Å². The van der Waals surface area contributed by atoms with Gasteiger partial charge in [-0.25, -0.2) is 0 Å². The molecule has 1 saturated heterocycles. The van der Waals surface area contributed by atoms with E-state index in [0.29, 0.717) is 11.3 Å². The number of piperazine rings is 1. The Bertz CT molecular complexity index is 587. The summed E-state index contributed by atoms with van der Waals surface area (Å²) in [4.78, 5) is 28.7. The van der Waals surface area contributed by atoms with Gasteiger partial charge in [-0.05, 0) is 12.1 Å². The largest absolute Gasteiger partial charge is 0.364 e. The summed E-state index contributed by atoms with van der Waals surface area (Å²) in [6, 6.07) is 9.40. The number of imide groups is 1. The molecule has 5 nitrogen and oxygen atoms in total. The number of hydrogen-bond acceptors (Lipinski definition) is 4. The summed E-state index contributed by atoms with van der Waals surface area (Å²) >= 11 is 0. The average molecular weight is 285 g/mol. The molecule has 110 valence electrons. The minimum atomic E-state index is -0.292. The van der Waals surface area contributed by atoms with Crippen LogP contribution in [0.1, 0.15) is 12.5 Å². The highest BCUT2D eigenvalue weighted by molar-refractivity contribution is 6.35. The van der Waals surface area contributed by atoms with Crippen LogP contribution < -0.4 is 5.32 Å². The first-order chi connectivity index (χ1) is 10.2. The number of benzene rings is 1. The summed E-state index contributed by atoms with van der Waals surface area (Å²) in [5.74, 6) is -0.567. The lowest BCUT2D eigenvalue weighted by Crippen LogP contribution is -2.47.